The van der Waals surface area contributed by atoms with Crippen molar-refractivity contribution in [3.8, 4) is 0 Å². The van der Waals surface area contributed by atoms with Crippen LogP contribution in [0.15, 0.2) is 37.4 Å². The van der Waals surface area contributed by atoms with E-state index >= 15 is 0 Å². The second kappa shape index (κ2) is 4.85. The summed E-state index contributed by atoms with van der Waals surface area (Å²) < 4.78 is 59.4. The summed E-state index contributed by atoms with van der Waals surface area (Å²) in [4.78, 5) is 0. The molecule has 1 aromatic rings. The molecule has 1 aromatic carbocycles. The Morgan fingerprint density at radius 1 is 1.22 bits per heavy atom. The first-order chi connectivity index (χ1) is 8.17. The molecule has 0 saturated heterocycles. The first kappa shape index (κ1) is 14.3. The standard InChI is InChI=1S/C11H10F3NO2S/c1-3-9-4-6-10(7-5-9)8(2)15-18(16,17)11(12,13)14/h3-7,15H,1-2H2. The van der Waals surface area contributed by atoms with E-state index in [-0.39, 0.29) is 11.3 Å². The Morgan fingerprint density at radius 3 is 2.11 bits per heavy atom. The van der Waals surface area contributed by atoms with Gasteiger partial charge >= 0.3 is 15.5 Å². The smallest absolute Gasteiger partial charge is 0.276 e. The maximum atomic E-state index is 12.1. The van der Waals surface area contributed by atoms with Crippen molar-refractivity contribution in [1.82, 2.24) is 4.72 Å². The summed E-state index contributed by atoms with van der Waals surface area (Å²) in [5.74, 6) is 0. The van der Waals surface area contributed by atoms with E-state index in [0.717, 1.165) is 5.56 Å². The highest BCUT2D eigenvalue weighted by Gasteiger charge is 2.46. The molecule has 18 heavy (non-hydrogen) atoms. The molecular weight excluding hydrogens is 267 g/mol. The molecule has 0 aromatic heterocycles. The Labute approximate surface area is 103 Å². The van der Waals surface area contributed by atoms with E-state index < -0.39 is 15.5 Å². The summed E-state index contributed by atoms with van der Waals surface area (Å²) in [6.45, 7) is 6.78. The Hall–Kier alpha value is -1.76. The van der Waals surface area contributed by atoms with Gasteiger partial charge in [-0.1, -0.05) is 43.5 Å². The average Bonchev–Trinajstić information content (AvgIpc) is 2.27. The molecule has 0 atom stereocenters. The van der Waals surface area contributed by atoms with Crippen LogP contribution in [0.4, 0.5) is 13.2 Å². The monoisotopic (exact) mass is 277 g/mol. The van der Waals surface area contributed by atoms with Gasteiger partial charge in [-0.25, -0.2) is 0 Å². The summed E-state index contributed by atoms with van der Waals surface area (Å²) in [7, 11) is -5.43. The van der Waals surface area contributed by atoms with Crippen LogP contribution in [0.1, 0.15) is 11.1 Å². The topological polar surface area (TPSA) is 46.2 Å². The predicted octanol–water partition coefficient (Wildman–Crippen LogP) is 2.74. The Morgan fingerprint density at radius 2 is 1.72 bits per heavy atom. The first-order valence-electron chi connectivity index (χ1n) is 4.68. The van der Waals surface area contributed by atoms with E-state index in [0.29, 0.717) is 0 Å². The van der Waals surface area contributed by atoms with Crippen molar-refractivity contribution in [3.63, 3.8) is 0 Å². The lowest BCUT2D eigenvalue weighted by Gasteiger charge is -2.12. The summed E-state index contributed by atoms with van der Waals surface area (Å²) in [5.41, 5.74) is -4.71. The van der Waals surface area contributed by atoms with Crippen molar-refractivity contribution in [3.05, 3.63) is 48.6 Å². The van der Waals surface area contributed by atoms with Gasteiger partial charge in [-0.15, -0.1) is 0 Å². The summed E-state index contributed by atoms with van der Waals surface area (Å²) in [6.07, 6.45) is 1.55. The number of nitrogens with one attached hydrogen (secondary N) is 1. The molecule has 0 aliphatic carbocycles. The average molecular weight is 277 g/mol. The van der Waals surface area contributed by atoms with Crippen molar-refractivity contribution >= 4 is 21.8 Å². The van der Waals surface area contributed by atoms with Gasteiger partial charge in [-0.3, -0.25) is 4.72 Å². The van der Waals surface area contributed by atoms with Crippen molar-refractivity contribution in [1.29, 1.82) is 0 Å². The van der Waals surface area contributed by atoms with E-state index in [1.165, 1.54) is 16.9 Å². The Bertz CT molecular complexity index is 559. The SMILES string of the molecule is C=Cc1ccc(C(=C)NS(=O)(=O)C(F)(F)F)cc1. The van der Waals surface area contributed by atoms with Crippen molar-refractivity contribution in [2.45, 2.75) is 5.51 Å². The third-order valence-electron chi connectivity index (χ3n) is 2.06. The molecule has 1 rings (SSSR count). The number of halogens is 3. The van der Waals surface area contributed by atoms with Gasteiger partial charge in [-0.2, -0.15) is 21.6 Å². The van der Waals surface area contributed by atoms with Crippen LogP contribution in [0.2, 0.25) is 0 Å². The lowest BCUT2D eigenvalue weighted by atomic mass is 10.1. The minimum absolute atomic E-state index is 0.244. The number of sulfonamides is 1. The maximum Gasteiger partial charge on any atom is 0.516 e. The molecule has 0 heterocycles. The molecule has 0 unspecified atom stereocenters. The number of hydrogen-bond donors (Lipinski definition) is 1. The zero-order chi connectivity index (χ0) is 14.0. The molecule has 0 radical (unpaired) electrons. The Balaban J connectivity index is 2.93. The summed E-state index contributed by atoms with van der Waals surface area (Å²) in [6, 6.07) is 6.04. The highest BCUT2D eigenvalue weighted by atomic mass is 32.2. The van der Waals surface area contributed by atoms with Crippen LogP contribution >= 0.6 is 0 Å². The third kappa shape index (κ3) is 3.13. The molecule has 0 bridgehead atoms. The fourth-order valence-corrected chi connectivity index (χ4v) is 1.66. The lowest BCUT2D eigenvalue weighted by molar-refractivity contribution is -0.0443. The van der Waals surface area contributed by atoms with Gasteiger partial charge in [0, 0.05) is 5.70 Å². The largest absolute Gasteiger partial charge is 0.516 e. The van der Waals surface area contributed by atoms with Gasteiger partial charge in [0.25, 0.3) is 0 Å². The van der Waals surface area contributed by atoms with Crippen molar-refractivity contribution < 1.29 is 21.6 Å². The minimum atomic E-state index is -5.43. The van der Waals surface area contributed by atoms with E-state index in [9.17, 15) is 21.6 Å². The van der Waals surface area contributed by atoms with E-state index in [4.69, 9.17) is 0 Å². The van der Waals surface area contributed by atoms with Crippen LogP contribution in [0.25, 0.3) is 11.8 Å². The molecule has 1 N–H and O–H groups in total. The summed E-state index contributed by atoms with van der Waals surface area (Å²) in [5, 5.41) is 0. The zero-order valence-electron chi connectivity index (χ0n) is 9.16. The van der Waals surface area contributed by atoms with Gasteiger partial charge in [0.2, 0.25) is 0 Å². The highest BCUT2D eigenvalue weighted by molar-refractivity contribution is 7.90. The van der Waals surface area contributed by atoms with Gasteiger partial charge in [0.15, 0.2) is 0 Å². The molecule has 0 spiro atoms. The minimum Gasteiger partial charge on any atom is -0.276 e. The first-order valence-corrected chi connectivity index (χ1v) is 6.16. The molecule has 0 aliphatic rings. The number of benzene rings is 1. The number of hydrogen-bond acceptors (Lipinski definition) is 2. The quantitative estimate of drug-likeness (QED) is 0.919. The molecule has 0 fully saturated rings. The zero-order valence-corrected chi connectivity index (χ0v) is 9.98. The molecular formula is C11H10F3NO2S. The van der Waals surface area contributed by atoms with E-state index in [1.807, 2.05) is 0 Å². The molecule has 0 saturated carbocycles. The molecule has 0 amide bonds. The molecule has 7 heteroatoms. The number of alkyl halides is 3. The normalized spacial score (nSPS) is 11.9. The van der Waals surface area contributed by atoms with Gasteiger partial charge < -0.3 is 0 Å². The highest BCUT2D eigenvalue weighted by Crippen LogP contribution is 2.24. The van der Waals surface area contributed by atoms with Crippen LogP contribution < -0.4 is 4.72 Å². The number of rotatable bonds is 4. The fraction of sp³-hybridized carbons (Fsp3) is 0.0909. The second-order valence-corrected chi connectivity index (χ2v) is 5.03. The van der Waals surface area contributed by atoms with Crippen molar-refractivity contribution in [2.75, 3.05) is 0 Å². The van der Waals surface area contributed by atoms with Crippen LogP contribution in [0.3, 0.4) is 0 Å². The van der Waals surface area contributed by atoms with Crippen molar-refractivity contribution in [2.24, 2.45) is 0 Å². The van der Waals surface area contributed by atoms with Crippen LogP contribution in [0, 0.1) is 0 Å². The third-order valence-corrected chi connectivity index (χ3v) is 3.18. The lowest BCUT2D eigenvalue weighted by Crippen LogP contribution is -2.35. The second-order valence-electron chi connectivity index (χ2n) is 3.36. The van der Waals surface area contributed by atoms with E-state index in [1.54, 1.807) is 18.2 Å². The van der Waals surface area contributed by atoms with Crippen LogP contribution in [-0.4, -0.2) is 13.9 Å². The molecule has 98 valence electrons. The van der Waals surface area contributed by atoms with Gasteiger partial charge in [0.1, 0.15) is 0 Å². The fourth-order valence-electron chi connectivity index (χ4n) is 1.10. The van der Waals surface area contributed by atoms with E-state index in [2.05, 4.69) is 13.2 Å². The van der Waals surface area contributed by atoms with Gasteiger partial charge in [-0.05, 0) is 11.1 Å². The Kier molecular flexibility index (Phi) is 3.85. The van der Waals surface area contributed by atoms with Crippen LogP contribution in [0.5, 0.6) is 0 Å². The maximum absolute atomic E-state index is 12.1. The summed E-state index contributed by atoms with van der Waals surface area (Å²) >= 11 is 0. The molecule has 3 nitrogen and oxygen atoms in total. The van der Waals surface area contributed by atoms with Crippen LogP contribution in [-0.2, 0) is 10.0 Å². The predicted molar refractivity (Wildman–Crippen MR) is 63.7 cm³/mol. The molecule has 0 aliphatic heterocycles. The van der Waals surface area contributed by atoms with Gasteiger partial charge in [0.05, 0.1) is 0 Å².